The summed E-state index contributed by atoms with van der Waals surface area (Å²) in [5, 5.41) is 30.4. The monoisotopic (exact) mass is 539 g/mol. The standard InChI is InChI=1S/C31H57NO6/c1-5-6-7-8-9-10-11-12-13-14-15-16-17-18-19-20-21-22-32(23-26(2)29(33)34,24-27(3)30(35)36)25-28(4)31(37)38/h19-20,26-28H,5-18,21-25H2,1-4H3,(H2-,33,34,35,36,37,38)/b20-19+. The molecule has 0 saturated heterocycles. The smallest absolute Gasteiger partial charge is 0.311 e. The van der Waals surface area contributed by atoms with Crippen molar-refractivity contribution in [1.82, 2.24) is 0 Å². The van der Waals surface area contributed by atoms with Gasteiger partial charge in [-0.1, -0.05) is 103 Å². The van der Waals surface area contributed by atoms with Crippen LogP contribution in [0.25, 0.3) is 0 Å². The van der Waals surface area contributed by atoms with Crippen LogP contribution in [0.3, 0.4) is 0 Å². The lowest BCUT2D eigenvalue weighted by Crippen LogP contribution is -2.58. The van der Waals surface area contributed by atoms with Crippen molar-refractivity contribution in [1.29, 1.82) is 0 Å². The predicted octanol–water partition coefficient (Wildman–Crippen LogP) is 6.06. The Labute approximate surface area is 232 Å². The molecule has 7 nitrogen and oxygen atoms in total. The van der Waals surface area contributed by atoms with Gasteiger partial charge in [0.2, 0.25) is 0 Å². The van der Waals surface area contributed by atoms with Crippen molar-refractivity contribution in [3.05, 3.63) is 12.2 Å². The van der Waals surface area contributed by atoms with Crippen molar-refractivity contribution < 1.29 is 34.2 Å². The number of carbonyl (C=O) groups excluding carboxylic acids is 1. The van der Waals surface area contributed by atoms with E-state index in [0.717, 1.165) is 12.8 Å². The highest BCUT2D eigenvalue weighted by Crippen LogP contribution is 2.21. The molecule has 3 unspecified atom stereocenters. The Morgan fingerprint density at radius 1 is 0.632 bits per heavy atom. The molecule has 0 aliphatic rings. The fraction of sp³-hybridized carbons (Fsp3) is 0.839. The number of hydrogen-bond acceptors (Lipinski definition) is 4. The van der Waals surface area contributed by atoms with Crippen molar-refractivity contribution in [2.45, 2.75) is 124 Å². The zero-order valence-electron chi connectivity index (χ0n) is 24.8. The van der Waals surface area contributed by atoms with Crippen LogP contribution in [0.4, 0.5) is 0 Å². The van der Waals surface area contributed by atoms with E-state index < -0.39 is 35.7 Å². The van der Waals surface area contributed by atoms with Gasteiger partial charge in [0, 0.05) is 18.3 Å². The maximum atomic E-state index is 11.6. The van der Waals surface area contributed by atoms with Gasteiger partial charge in [0.05, 0.1) is 26.2 Å². The number of allylic oxidation sites excluding steroid dienone is 1. The highest BCUT2D eigenvalue weighted by atomic mass is 16.4. The summed E-state index contributed by atoms with van der Waals surface area (Å²) in [5.41, 5.74) is 0. The third kappa shape index (κ3) is 18.4. The molecule has 0 radical (unpaired) electrons. The lowest BCUT2D eigenvalue weighted by molar-refractivity contribution is -0.934. The molecule has 0 heterocycles. The van der Waals surface area contributed by atoms with Gasteiger partial charge in [-0.15, -0.1) is 0 Å². The minimum Gasteiger partial charge on any atom is -0.550 e. The first kappa shape index (κ1) is 36.1. The van der Waals surface area contributed by atoms with Gasteiger partial charge in [-0.3, -0.25) is 9.59 Å². The topological polar surface area (TPSA) is 115 Å². The number of quaternary nitrogens is 1. The molecule has 7 heteroatoms. The first-order valence-corrected chi connectivity index (χ1v) is 15.2. The van der Waals surface area contributed by atoms with Gasteiger partial charge < -0.3 is 24.6 Å². The summed E-state index contributed by atoms with van der Waals surface area (Å²) in [5.74, 6) is -5.34. The van der Waals surface area contributed by atoms with Crippen LogP contribution in [-0.4, -0.2) is 58.8 Å². The number of carboxylic acid groups (broad SMARTS) is 3. The van der Waals surface area contributed by atoms with E-state index in [1.807, 2.05) is 0 Å². The maximum Gasteiger partial charge on any atom is 0.311 e. The first-order chi connectivity index (χ1) is 18.0. The number of nitrogens with zero attached hydrogens (tertiary/aromatic N) is 1. The fourth-order valence-electron chi connectivity index (χ4n) is 5.34. The molecule has 0 amide bonds. The second-order valence-corrected chi connectivity index (χ2v) is 11.6. The molecule has 0 aromatic carbocycles. The maximum absolute atomic E-state index is 11.6. The highest BCUT2D eigenvalue weighted by Gasteiger charge is 2.36. The van der Waals surface area contributed by atoms with Crippen molar-refractivity contribution in [3.8, 4) is 0 Å². The molecular weight excluding hydrogens is 482 g/mol. The van der Waals surface area contributed by atoms with E-state index in [2.05, 4.69) is 19.1 Å². The number of hydrogen-bond donors (Lipinski definition) is 2. The molecular formula is C31H57NO6. The normalized spacial score (nSPS) is 15.7. The van der Waals surface area contributed by atoms with Gasteiger partial charge in [0.25, 0.3) is 0 Å². The minimum atomic E-state index is -1.20. The van der Waals surface area contributed by atoms with Gasteiger partial charge in [-0.05, 0) is 26.7 Å². The van der Waals surface area contributed by atoms with Crippen molar-refractivity contribution in [2.75, 3.05) is 26.2 Å². The average Bonchev–Trinajstić information content (AvgIpc) is 2.85. The summed E-state index contributed by atoms with van der Waals surface area (Å²) in [6.07, 6.45) is 23.1. The summed E-state index contributed by atoms with van der Waals surface area (Å²) in [6, 6.07) is 0. The quantitative estimate of drug-likeness (QED) is 0.0784. The van der Waals surface area contributed by atoms with E-state index in [9.17, 15) is 29.7 Å². The van der Waals surface area contributed by atoms with Crippen LogP contribution in [0.1, 0.15) is 124 Å². The number of rotatable bonds is 26. The number of unbranched alkanes of at least 4 members (excludes halogenated alkanes) is 13. The average molecular weight is 540 g/mol. The lowest BCUT2D eigenvalue weighted by atomic mass is 10.0. The predicted molar refractivity (Wildman–Crippen MR) is 152 cm³/mol. The summed E-state index contributed by atoms with van der Waals surface area (Å²) in [7, 11) is 0. The minimum absolute atomic E-state index is 0.138. The second kappa shape index (κ2) is 22.0. The Kier molecular flexibility index (Phi) is 20.9. The Hall–Kier alpha value is -1.89. The highest BCUT2D eigenvalue weighted by molar-refractivity contribution is 5.70. The molecule has 222 valence electrons. The van der Waals surface area contributed by atoms with Crippen LogP contribution in [0, 0.1) is 17.8 Å². The van der Waals surface area contributed by atoms with Crippen LogP contribution in [0.15, 0.2) is 12.2 Å². The van der Waals surface area contributed by atoms with Gasteiger partial charge in [0.1, 0.15) is 11.8 Å². The number of carboxylic acids is 3. The molecule has 2 N–H and O–H groups in total. The molecule has 0 spiro atoms. The van der Waals surface area contributed by atoms with Crippen molar-refractivity contribution >= 4 is 17.9 Å². The van der Waals surface area contributed by atoms with Gasteiger partial charge in [-0.2, -0.15) is 0 Å². The van der Waals surface area contributed by atoms with Crippen LogP contribution in [0.5, 0.6) is 0 Å². The molecule has 0 saturated carbocycles. The fourth-order valence-corrected chi connectivity index (χ4v) is 5.34. The molecule has 38 heavy (non-hydrogen) atoms. The van der Waals surface area contributed by atoms with Crippen molar-refractivity contribution in [2.24, 2.45) is 17.8 Å². The molecule has 3 atom stereocenters. The molecule has 0 aliphatic carbocycles. The first-order valence-electron chi connectivity index (χ1n) is 15.2. The Morgan fingerprint density at radius 2 is 1.00 bits per heavy atom. The van der Waals surface area contributed by atoms with E-state index in [-0.39, 0.29) is 24.1 Å². The largest absolute Gasteiger partial charge is 0.550 e. The van der Waals surface area contributed by atoms with Crippen LogP contribution in [0.2, 0.25) is 0 Å². The second-order valence-electron chi connectivity index (χ2n) is 11.6. The summed E-state index contributed by atoms with van der Waals surface area (Å²) < 4.78 is 0.138. The van der Waals surface area contributed by atoms with Gasteiger partial charge >= 0.3 is 11.9 Å². The molecule has 0 aliphatic heterocycles. The van der Waals surface area contributed by atoms with E-state index in [4.69, 9.17) is 0 Å². The SMILES string of the molecule is CCCCCCCCCCCCCCC/C=C/CC[N+](CC(C)C(=O)[O-])(CC(C)C(=O)O)CC(C)C(=O)O. The molecule has 0 bridgehead atoms. The number of aliphatic carboxylic acids is 3. The molecule has 0 fully saturated rings. The van der Waals surface area contributed by atoms with Crippen LogP contribution < -0.4 is 5.11 Å². The van der Waals surface area contributed by atoms with E-state index in [0.29, 0.717) is 13.0 Å². The van der Waals surface area contributed by atoms with E-state index in [1.165, 1.54) is 77.0 Å². The third-order valence-corrected chi connectivity index (χ3v) is 7.64. The van der Waals surface area contributed by atoms with Crippen LogP contribution in [-0.2, 0) is 14.4 Å². The number of carbonyl (C=O) groups is 3. The summed E-state index contributed by atoms with van der Waals surface area (Å²) >= 11 is 0. The lowest BCUT2D eigenvalue weighted by Gasteiger charge is -2.42. The van der Waals surface area contributed by atoms with Gasteiger partial charge in [-0.25, -0.2) is 0 Å². The zero-order valence-corrected chi connectivity index (χ0v) is 24.8. The van der Waals surface area contributed by atoms with Gasteiger partial charge in [0.15, 0.2) is 0 Å². The zero-order chi connectivity index (χ0) is 28.8. The van der Waals surface area contributed by atoms with E-state index >= 15 is 0 Å². The van der Waals surface area contributed by atoms with Crippen LogP contribution >= 0.6 is 0 Å². The Morgan fingerprint density at radius 3 is 1.39 bits per heavy atom. The summed E-state index contributed by atoms with van der Waals surface area (Å²) in [6.45, 7) is 8.03. The Balaban J connectivity index is 4.51. The Bertz CT molecular complexity index is 622. The third-order valence-electron chi connectivity index (χ3n) is 7.64. The summed E-state index contributed by atoms with van der Waals surface area (Å²) in [4.78, 5) is 34.6. The molecule has 0 aromatic rings. The van der Waals surface area contributed by atoms with Crippen molar-refractivity contribution in [3.63, 3.8) is 0 Å². The molecule has 0 aromatic heterocycles. The van der Waals surface area contributed by atoms with E-state index in [1.54, 1.807) is 20.8 Å². The molecule has 0 rings (SSSR count).